The van der Waals surface area contributed by atoms with Crippen molar-refractivity contribution < 1.29 is 9.53 Å². The number of carbonyl (C=O) groups is 1. The molecule has 0 bridgehead atoms. The van der Waals surface area contributed by atoms with Gasteiger partial charge in [-0.15, -0.1) is 0 Å². The summed E-state index contributed by atoms with van der Waals surface area (Å²) < 4.78 is 4.96. The third-order valence-electron chi connectivity index (χ3n) is 3.34. The van der Waals surface area contributed by atoms with Gasteiger partial charge in [-0.1, -0.05) is 6.42 Å². The molecule has 0 heterocycles. The van der Waals surface area contributed by atoms with E-state index in [4.69, 9.17) is 10.5 Å². The highest BCUT2D eigenvalue weighted by molar-refractivity contribution is 5.76. The van der Waals surface area contributed by atoms with Crippen molar-refractivity contribution in [1.29, 1.82) is 0 Å². The summed E-state index contributed by atoms with van der Waals surface area (Å²) in [4.78, 5) is 13.6. The van der Waals surface area contributed by atoms with Crippen LogP contribution in [0.4, 0.5) is 0 Å². The number of carbonyl (C=O) groups excluding carboxylic acids is 1. The molecule has 0 aromatic carbocycles. The molecule has 0 aromatic heterocycles. The highest BCUT2D eigenvalue weighted by Gasteiger charge is 2.22. The van der Waals surface area contributed by atoms with E-state index in [1.807, 2.05) is 7.05 Å². The van der Waals surface area contributed by atoms with Gasteiger partial charge in [-0.05, 0) is 25.2 Å². The Morgan fingerprint density at radius 3 is 2.88 bits per heavy atom. The van der Waals surface area contributed by atoms with Gasteiger partial charge in [-0.25, -0.2) is 0 Å². The molecule has 2 atom stereocenters. The molecule has 4 heteroatoms. The molecule has 0 radical (unpaired) electrons. The maximum Gasteiger partial charge on any atom is 0.222 e. The van der Waals surface area contributed by atoms with E-state index in [1.54, 1.807) is 12.0 Å². The van der Waals surface area contributed by atoms with Crippen LogP contribution in [0.5, 0.6) is 0 Å². The minimum absolute atomic E-state index is 0.219. The maximum absolute atomic E-state index is 11.9. The lowest BCUT2D eigenvalue weighted by Crippen LogP contribution is -2.34. The van der Waals surface area contributed by atoms with Crippen molar-refractivity contribution in [3.8, 4) is 0 Å². The zero-order valence-corrected chi connectivity index (χ0v) is 10.4. The number of methoxy groups -OCH3 is 1. The lowest BCUT2D eigenvalue weighted by molar-refractivity contribution is -0.131. The fourth-order valence-electron chi connectivity index (χ4n) is 2.27. The lowest BCUT2D eigenvalue weighted by Gasteiger charge is -2.27. The Kier molecular flexibility index (Phi) is 5.77. The van der Waals surface area contributed by atoms with Crippen LogP contribution in [-0.2, 0) is 9.53 Å². The molecule has 0 spiro atoms. The number of likely N-dealkylation sites (N-methyl/N-ethyl adjacent to an activating group) is 1. The summed E-state index contributed by atoms with van der Waals surface area (Å²) in [5, 5.41) is 0. The van der Waals surface area contributed by atoms with E-state index in [9.17, 15) is 4.79 Å². The molecule has 1 rings (SSSR count). The van der Waals surface area contributed by atoms with Crippen LogP contribution in [0.1, 0.15) is 32.1 Å². The van der Waals surface area contributed by atoms with E-state index in [0.717, 1.165) is 19.3 Å². The first-order valence-electron chi connectivity index (χ1n) is 6.12. The monoisotopic (exact) mass is 228 g/mol. The van der Waals surface area contributed by atoms with Crippen molar-refractivity contribution >= 4 is 5.91 Å². The molecule has 1 fully saturated rings. The largest absolute Gasteiger partial charge is 0.383 e. The van der Waals surface area contributed by atoms with Crippen molar-refractivity contribution in [2.75, 3.05) is 27.3 Å². The zero-order chi connectivity index (χ0) is 12.0. The highest BCUT2D eigenvalue weighted by atomic mass is 16.5. The number of nitrogens with zero attached hydrogens (tertiary/aromatic N) is 1. The molecule has 2 N–H and O–H groups in total. The Labute approximate surface area is 98.1 Å². The van der Waals surface area contributed by atoms with Crippen LogP contribution in [0.15, 0.2) is 0 Å². The molecule has 1 aliphatic rings. The molecule has 0 aromatic rings. The van der Waals surface area contributed by atoms with Crippen LogP contribution in [0, 0.1) is 5.92 Å². The van der Waals surface area contributed by atoms with Crippen molar-refractivity contribution in [2.24, 2.45) is 11.7 Å². The Morgan fingerprint density at radius 1 is 1.50 bits per heavy atom. The van der Waals surface area contributed by atoms with Gasteiger partial charge in [0, 0.05) is 33.2 Å². The fraction of sp³-hybridized carbons (Fsp3) is 0.917. The molecular weight excluding hydrogens is 204 g/mol. The number of hydrogen-bond donors (Lipinski definition) is 1. The fourth-order valence-corrected chi connectivity index (χ4v) is 2.27. The second-order valence-corrected chi connectivity index (χ2v) is 4.80. The van der Waals surface area contributed by atoms with Crippen molar-refractivity contribution in [3.63, 3.8) is 0 Å². The molecule has 16 heavy (non-hydrogen) atoms. The molecular formula is C12H24N2O2. The maximum atomic E-state index is 11.9. The highest BCUT2D eigenvalue weighted by Crippen LogP contribution is 2.26. The lowest BCUT2D eigenvalue weighted by atomic mass is 9.84. The second kappa shape index (κ2) is 6.86. The van der Waals surface area contributed by atoms with Gasteiger partial charge in [0.2, 0.25) is 5.91 Å². The van der Waals surface area contributed by atoms with Gasteiger partial charge in [0.1, 0.15) is 0 Å². The summed E-state index contributed by atoms with van der Waals surface area (Å²) in [6, 6.07) is 0.302. The summed E-state index contributed by atoms with van der Waals surface area (Å²) in [5.74, 6) is 0.706. The van der Waals surface area contributed by atoms with Gasteiger partial charge in [0.15, 0.2) is 0 Å². The third kappa shape index (κ3) is 4.49. The molecule has 94 valence electrons. The molecule has 1 aliphatic carbocycles. The van der Waals surface area contributed by atoms with E-state index >= 15 is 0 Å². The standard InChI is InChI=1S/C12H24N2O2/c1-14(6-7-16-2)12(15)9-10-4-3-5-11(13)8-10/h10-11H,3-9,13H2,1-2H3. The van der Waals surface area contributed by atoms with Crippen molar-refractivity contribution in [3.05, 3.63) is 0 Å². The van der Waals surface area contributed by atoms with Crippen LogP contribution in [0.25, 0.3) is 0 Å². The van der Waals surface area contributed by atoms with Gasteiger partial charge in [0.05, 0.1) is 6.61 Å². The van der Waals surface area contributed by atoms with Gasteiger partial charge < -0.3 is 15.4 Å². The van der Waals surface area contributed by atoms with Gasteiger partial charge in [0.25, 0.3) is 0 Å². The summed E-state index contributed by atoms with van der Waals surface area (Å²) in [5.41, 5.74) is 5.91. The summed E-state index contributed by atoms with van der Waals surface area (Å²) in [6.45, 7) is 1.28. The van der Waals surface area contributed by atoms with Crippen LogP contribution in [0.2, 0.25) is 0 Å². The molecule has 0 saturated heterocycles. The molecule has 2 unspecified atom stereocenters. The first kappa shape index (κ1) is 13.5. The van der Waals surface area contributed by atoms with E-state index < -0.39 is 0 Å². The van der Waals surface area contributed by atoms with Gasteiger partial charge in [-0.3, -0.25) is 4.79 Å². The number of nitrogens with two attached hydrogens (primary N) is 1. The quantitative estimate of drug-likeness (QED) is 0.763. The van der Waals surface area contributed by atoms with Crippen molar-refractivity contribution in [2.45, 2.75) is 38.1 Å². The SMILES string of the molecule is COCCN(C)C(=O)CC1CCCC(N)C1. The predicted octanol–water partition coefficient (Wildman–Crippen LogP) is 0.999. The molecule has 0 aliphatic heterocycles. The topological polar surface area (TPSA) is 55.6 Å². The third-order valence-corrected chi connectivity index (χ3v) is 3.34. The number of ether oxygens (including phenoxy) is 1. The number of amides is 1. The molecule has 1 amide bonds. The number of hydrogen-bond acceptors (Lipinski definition) is 3. The first-order chi connectivity index (χ1) is 7.63. The van der Waals surface area contributed by atoms with Gasteiger partial charge in [-0.2, -0.15) is 0 Å². The van der Waals surface area contributed by atoms with E-state index in [2.05, 4.69) is 0 Å². The van der Waals surface area contributed by atoms with Crippen molar-refractivity contribution in [1.82, 2.24) is 4.90 Å². The predicted molar refractivity (Wildman–Crippen MR) is 64.1 cm³/mol. The normalized spacial score (nSPS) is 25.4. The number of rotatable bonds is 5. The van der Waals surface area contributed by atoms with Gasteiger partial charge >= 0.3 is 0 Å². The minimum Gasteiger partial charge on any atom is -0.383 e. The smallest absolute Gasteiger partial charge is 0.222 e. The van der Waals surface area contributed by atoms with Crippen LogP contribution < -0.4 is 5.73 Å². The summed E-state index contributed by atoms with van der Waals surface area (Å²) >= 11 is 0. The van der Waals surface area contributed by atoms with Crippen LogP contribution in [0.3, 0.4) is 0 Å². The molecule has 4 nitrogen and oxygen atoms in total. The van der Waals surface area contributed by atoms with E-state index in [-0.39, 0.29) is 5.91 Å². The minimum atomic E-state index is 0.219. The Hall–Kier alpha value is -0.610. The second-order valence-electron chi connectivity index (χ2n) is 4.80. The van der Waals surface area contributed by atoms with Crippen LogP contribution >= 0.6 is 0 Å². The van der Waals surface area contributed by atoms with E-state index in [1.165, 1.54) is 6.42 Å². The Morgan fingerprint density at radius 2 is 2.25 bits per heavy atom. The zero-order valence-electron chi connectivity index (χ0n) is 10.4. The van der Waals surface area contributed by atoms with E-state index in [0.29, 0.717) is 31.5 Å². The van der Waals surface area contributed by atoms with Crippen LogP contribution in [-0.4, -0.2) is 44.2 Å². The first-order valence-corrected chi connectivity index (χ1v) is 6.12. The summed E-state index contributed by atoms with van der Waals surface area (Å²) in [6.07, 6.45) is 5.08. The Bertz CT molecular complexity index is 221. The molecule has 1 saturated carbocycles. The average molecular weight is 228 g/mol. The Balaban J connectivity index is 2.26. The summed E-state index contributed by atoms with van der Waals surface area (Å²) in [7, 11) is 3.49. The average Bonchev–Trinajstić information content (AvgIpc) is 2.25.